The van der Waals surface area contributed by atoms with E-state index in [2.05, 4.69) is 26.0 Å². The maximum atomic E-state index is 11.4. The van der Waals surface area contributed by atoms with Gasteiger partial charge in [-0.05, 0) is 85.9 Å². The highest BCUT2D eigenvalue weighted by Crippen LogP contribution is 2.65. The molecule has 0 aromatic carbocycles. The average molecular weight is 302 g/mol. The van der Waals surface area contributed by atoms with Crippen molar-refractivity contribution in [1.29, 1.82) is 0 Å². The molecule has 0 aliphatic heterocycles. The number of fused-ring (bicyclic) bond motifs is 5. The van der Waals surface area contributed by atoms with Crippen LogP contribution in [0.5, 0.6) is 0 Å². The third kappa shape index (κ3) is 1.95. The minimum atomic E-state index is -0.555. The molecule has 3 fully saturated rings. The van der Waals surface area contributed by atoms with Gasteiger partial charge >= 0.3 is 5.97 Å². The Morgan fingerprint density at radius 1 is 1.09 bits per heavy atom. The Bertz CT molecular complexity index is 510. The third-order valence-electron chi connectivity index (χ3n) is 8.34. The molecule has 2 nitrogen and oxygen atoms in total. The predicted octanol–water partition coefficient (Wildman–Crippen LogP) is 4.90. The fourth-order valence-corrected chi connectivity index (χ4v) is 6.96. The number of carboxylic acid groups (broad SMARTS) is 1. The molecule has 7 atom stereocenters. The van der Waals surface area contributed by atoms with E-state index in [1.807, 2.05) is 0 Å². The first-order chi connectivity index (χ1) is 10.4. The van der Waals surface area contributed by atoms with Crippen molar-refractivity contribution in [2.45, 2.75) is 65.2 Å². The summed E-state index contributed by atoms with van der Waals surface area (Å²) in [5, 5.41) is 9.39. The fraction of sp³-hybridized carbons (Fsp3) is 0.850. The van der Waals surface area contributed by atoms with E-state index in [1.165, 1.54) is 32.1 Å². The zero-order valence-electron chi connectivity index (χ0n) is 14.1. The molecule has 0 bridgehead atoms. The average Bonchev–Trinajstić information content (AvgIpc) is 2.88. The van der Waals surface area contributed by atoms with Gasteiger partial charge in [0.25, 0.3) is 0 Å². The van der Waals surface area contributed by atoms with Crippen molar-refractivity contribution in [1.82, 2.24) is 0 Å². The molecule has 0 heterocycles. The molecule has 22 heavy (non-hydrogen) atoms. The topological polar surface area (TPSA) is 37.3 Å². The molecule has 3 saturated carbocycles. The number of carboxylic acids is 1. The number of aliphatic carboxylic acids is 1. The maximum Gasteiger partial charge on any atom is 0.306 e. The first kappa shape index (κ1) is 14.8. The van der Waals surface area contributed by atoms with Gasteiger partial charge in [-0.3, -0.25) is 4.79 Å². The van der Waals surface area contributed by atoms with Crippen molar-refractivity contribution in [3.63, 3.8) is 0 Å². The van der Waals surface area contributed by atoms with Crippen molar-refractivity contribution >= 4 is 5.97 Å². The Hall–Kier alpha value is -0.790. The van der Waals surface area contributed by atoms with E-state index >= 15 is 0 Å². The van der Waals surface area contributed by atoms with Crippen LogP contribution in [0.4, 0.5) is 0 Å². The zero-order chi connectivity index (χ0) is 15.5. The second kappa shape index (κ2) is 4.85. The van der Waals surface area contributed by atoms with Gasteiger partial charge in [-0.1, -0.05) is 26.0 Å². The molecule has 4 rings (SSSR count). The molecule has 4 aliphatic carbocycles. The Morgan fingerprint density at radius 2 is 1.91 bits per heavy atom. The van der Waals surface area contributed by atoms with E-state index in [-0.39, 0.29) is 5.92 Å². The van der Waals surface area contributed by atoms with Crippen molar-refractivity contribution in [3.05, 3.63) is 12.2 Å². The summed E-state index contributed by atoms with van der Waals surface area (Å²) < 4.78 is 0. The number of carbonyl (C=O) groups is 1. The molecule has 0 spiro atoms. The van der Waals surface area contributed by atoms with Crippen LogP contribution in [0.15, 0.2) is 12.2 Å². The molecular weight excluding hydrogens is 272 g/mol. The summed E-state index contributed by atoms with van der Waals surface area (Å²) in [6.45, 7) is 4.99. The van der Waals surface area contributed by atoms with Crippen LogP contribution in [0.25, 0.3) is 0 Å². The lowest BCUT2D eigenvalue weighted by atomic mass is 9.44. The fourth-order valence-electron chi connectivity index (χ4n) is 6.96. The predicted molar refractivity (Wildman–Crippen MR) is 87.4 cm³/mol. The van der Waals surface area contributed by atoms with Crippen LogP contribution in [0, 0.1) is 40.4 Å². The first-order valence-electron chi connectivity index (χ1n) is 9.34. The molecule has 0 radical (unpaired) electrons. The number of hydrogen-bond acceptors (Lipinski definition) is 1. The van der Waals surface area contributed by atoms with Crippen LogP contribution >= 0.6 is 0 Å². The van der Waals surface area contributed by atoms with Crippen LogP contribution in [0.3, 0.4) is 0 Å². The molecule has 0 amide bonds. The van der Waals surface area contributed by atoms with Crippen molar-refractivity contribution < 1.29 is 9.90 Å². The largest absolute Gasteiger partial charge is 0.481 e. The monoisotopic (exact) mass is 302 g/mol. The van der Waals surface area contributed by atoms with Gasteiger partial charge in [0.2, 0.25) is 0 Å². The second-order valence-corrected chi connectivity index (χ2v) is 9.15. The van der Waals surface area contributed by atoms with E-state index < -0.39 is 5.97 Å². The number of rotatable bonds is 1. The summed E-state index contributed by atoms with van der Waals surface area (Å²) in [7, 11) is 0. The van der Waals surface area contributed by atoms with E-state index in [1.54, 1.807) is 0 Å². The smallest absolute Gasteiger partial charge is 0.306 e. The van der Waals surface area contributed by atoms with Crippen molar-refractivity contribution in [2.75, 3.05) is 0 Å². The van der Waals surface area contributed by atoms with Gasteiger partial charge in [-0.2, -0.15) is 0 Å². The van der Waals surface area contributed by atoms with E-state index in [9.17, 15) is 9.90 Å². The van der Waals surface area contributed by atoms with Crippen LogP contribution in [-0.2, 0) is 4.79 Å². The molecular formula is C20H30O2. The molecule has 2 unspecified atom stereocenters. The quantitative estimate of drug-likeness (QED) is 0.700. The Kier molecular flexibility index (Phi) is 3.26. The molecule has 2 heteroatoms. The summed E-state index contributed by atoms with van der Waals surface area (Å²) >= 11 is 0. The minimum Gasteiger partial charge on any atom is -0.481 e. The minimum absolute atomic E-state index is 0.0726. The lowest BCUT2D eigenvalue weighted by Gasteiger charge is -2.60. The normalized spacial score (nSPS) is 53.5. The number of allylic oxidation sites excluding steroid dienone is 2. The highest BCUT2D eigenvalue weighted by molar-refractivity contribution is 5.70. The highest BCUT2D eigenvalue weighted by atomic mass is 16.4. The lowest BCUT2D eigenvalue weighted by molar-refractivity contribution is -0.150. The van der Waals surface area contributed by atoms with Crippen LogP contribution in [0.2, 0.25) is 0 Å². The van der Waals surface area contributed by atoms with Crippen LogP contribution < -0.4 is 0 Å². The molecule has 122 valence electrons. The number of hydrogen-bond donors (Lipinski definition) is 1. The van der Waals surface area contributed by atoms with Gasteiger partial charge < -0.3 is 5.11 Å². The van der Waals surface area contributed by atoms with Crippen molar-refractivity contribution in [3.8, 4) is 0 Å². The summed E-state index contributed by atoms with van der Waals surface area (Å²) in [6.07, 6.45) is 14.6. The molecule has 0 aromatic heterocycles. The molecule has 4 aliphatic rings. The van der Waals surface area contributed by atoms with Gasteiger partial charge in [-0.15, -0.1) is 0 Å². The van der Waals surface area contributed by atoms with Gasteiger partial charge in [0.05, 0.1) is 5.92 Å². The second-order valence-electron chi connectivity index (χ2n) is 9.15. The first-order valence-corrected chi connectivity index (χ1v) is 9.34. The zero-order valence-corrected chi connectivity index (χ0v) is 14.1. The summed E-state index contributed by atoms with van der Waals surface area (Å²) in [4.78, 5) is 11.4. The highest BCUT2D eigenvalue weighted by Gasteiger charge is 2.57. The van der Waals surface area contributed by atoms with Crippen LogP contribution in [0.1, 0.15) is 65.2 Å². The summed E-state index contributed by atoms with van der Waals surface area (Å²) in [5.41, 5.74) is 0.876. The van der Waals surface area contributed by atoms with Crippen molar-refractivity contribution in [2.24, 2.45) is 40.4 Å². The molecule has 0 saturated heterocycles. The van der Waals surface area contributed by atoms with E-state index in [4.69, 9.17) is 0 Å². The van der Waals surface area contributed by atoms with E-state index in [0.29, 0.717) is 16.7 Å². The Balaban J connectivity index is 1.58. The molecule has 0 aromatic rings. The Labute approximate surface area is 134 Å². The maximum absolute atomic E-state index is 11.4. The SMILES string of the molecule is C[C@@]12C=CC[C@H]1[C@@H]1CCC3CC(C(=O)O)CC[C@]3(C)[C@H]1CC2. The Morgan fingerprint density at radius 3 is 2.68 bits per heavy atom. The standard InChI is InChI=1S/C20H30O2/c1-19-9-3-4-16(19)15-6-5-14-12-13(18(21)22)7-11-20(14,2)17(15)8-10-19/h3,9,13-17H,4-8,10-12H2,1-2H3,(H,21,22)/t13?,14?,15-,16-,17-,19-,20-/m0/s1. The van der Waals surface area contributed by atoms with E-state index in [0.717, 1.165) is 37.0 Å². The lowest BCUT2D eigenvalue weighted by Crippen LogP contribution is -2.53. The van der Waals surface area contributed by atoms with Gasteiger partial charge in [0.15, 0.2) is 0 Å². The third-order valence-corrected chi connectivity index (χ3v) is 8.34. The summed E-state index contributed by atoms with van der Waals surface area (Å²) in [5.74, 6) is 2.62. The van der Waals surface area contributed by atoms with Gasteiger partial charge in [0, 0.05) is 0 Å². The van der Waals surface area contributed by atoms with Crippen LogP contribution in [-0.4, -0.2) is 11.1 Å². The molecule has 1 N–H and O–H groups in total. The summed E-state index contributed by atoms with van der Waals surface area (Å²) in [6, 6.07) is 0. The van der Waals surface area contributed by atoms with Gasteiger partial charge in [0.1, 0.15) is 0 Å². The van der Waals surface area contributed by atoms with Gasteiger partial charge in [-0.25, -0.2) is 0 Å².